The molecule has 10 heteroatoms. The van der Waals surface area contributed by atoms with E-state index in [1.165, 1.54) is 16.6 Å². The molecule has 0 amide bonds. The fourth-order valence-corrected chi connectivity index (χ4v) is 5.36. The molecule has 36 heavy (non-hydrogen) atoms. The second kappa shape index (κ2) is 10.4. The van der Waals surface area contributed by atoms with Gasteiger partial charge in [0.15, 0.2) is 5.03 Å². The van der Waals surface area contributed by atoms with Crippen molar-refractivity contribution in [3.05, 3.63) is 77.0 Å². The third-order valence-electron chi connectivity index (χ3n) is 5.90. The van der Waals surface area contributed by atoms with Crippen LogP contribution in [0.25, 0.3) is 11.4 Å². The Bertz CT molecular complexity index is 1440. The number of pyridine rings is 1. The molecule has 0 aliphatic heterocycles. The van der Waals surface area contributed by atoms with Crippen LogP contribution in [0.1, 0.15) is 36.1 Å². The van der Waals surface area contributed by atoms with Gasteiger partial charge in [-0.05, 0) is 84.5 Å². The minimum absolute atomic E-state index is 0.00252. The highest BCUT2D eigenvalue weighted by Gasteiger charge is 2.29. The molecule has 0 atom stereocenters. The number of aromatic amines is 1. The first-order chi connectivity index (χ1) is 17.2. The van der Waals surface area contributed by atoms with Gasteiger partial charge in [-0.2, -0.15) is 13.6 Å². The number of benzene rings is 2. The van der Waals surface area contributed by atoms with E-state index in [0.29, 0.717) is 17.3 Å². The molecule has 0 fully saturated rings. The minimum Gasteiger partial charge on any atom is -0.487 e. The highest BCUT2D eigenvalue weighted by atomic mass is 32.2. The van der Waals surface area contributed by atoms with E-state index in [-0.39, 0.29) is 24.1 Å². The maximum Gasteiger partial charge on any atom is 0.281 e. The molecule has 4 aromatic rings. The molecule has 188 valence electrons. The highest BCUT2D eigenvalue weighted by molar-refractivity contribution is 7.92. The zero-order valence-corrected chi connectivity index (χ0v) is 21.9. The molecule has 0 radical (unpaired) electrons. The number of sulfonamides is 1. The second-order valence-electron chi connectivity index (χ2n) is 9.17. The van der Waals surface area contributed by atoms with Gasteiger partial charge in [0.1, 0.15) is 12.4 Å². The molecular formula is C26H30N6O3S. The maximum absolute atomic E-state index is 13.7. The Kier molecular flexibility index (Phi) is 7.35. The number of nitrogens with zero attached hydrogens (tertiary/aromatic N) is 5. The number of hydrogen-bond donors (Lipinski definition) is 1. The van der Waals surface area contributed by atoms with Crippen LogP contribution in [0.2, 0.25) is 0 Å². The van der Waals surface area contributed by atoms with Gasteiger partial charge in [0.25, 0.3) is 10.0 Å². The number of rotatable bonds is 9. The summed E-state index contributed by atoms with van der Waals surface area (Å²) in [5.74, 6) is 1.10. The van der Waals surface area contributed by atoms with E-state index in [2.05, 4.69) is 25.6 Å². The van der Waals surface area contributed by atoms with Crippen molar-refractivity contribution in [3.8, 4) is 17.1 Å². The summed E-state index contributed by atoms with van der Waals surface area (Å²) < 4.78 is 35.1. The molecular weight excluding hydrogens is 476 g/mol. The first kappa shape index (κ1) is 25.3. The topological polar surface area (TPSA) is 114 Å². The molecule has 0 unspecified atom stereocenters. The maximum atomic E-state index is 13.7. The Balaban J connectivity index is 1.70. The van der Waals surface area contributed by atoms with Gasteiger partial charge in [-0.25, -0.2) is 4.98 Å². The summed E-state index contributed by atoms with van der Waals surface area (Å²) in [6.07, 6.45) is 1.49. The van der Waals surface area contributed by atoms with Crippen molar-refractivity contribution in [3.63, 3.8) is 0 Å². The molecule has 0 aliphatic rings. The number of ether oxygens (including phenoxy) is 1. The van der Waals surface area contributed by atoms with Crippen molar-refractivity contribution in [2.24, 2.45) is 5.92 Å². The monoisotopic (exact) mass is 506 g/mol. The number of anilines is 1. The normalized spacial score (nSPS) is 11.6. The number of hydrogen-bond acceptors (Lipinski definition) is 7. The van der Waals surface area contributed by atoms with E-state index in [9.17, 15) is 8.42 Å². The first-order valence-electron chi connectivity index (χ1n) is 11.7. The van der Waals surface area contributed by atoms with Crippen LogP contribution < -0.4 is 9.04 Å². The van der Waals surface area contributed by atoms with E-state index < -0.39 is 10.0 Å². The smallest absolute Gasteiger partial charge is 0.281 e. The summed E-state index contributed by atoms with van der Waals surface area (Å²) >= 11 is 0. The highest BCUT2D eigenvalue weighted by Crippen LogP contribution is 2.36. The summed E-state index contributed by atoms with van der Waals surface area (Å²) in [4.78, 5) is 4.12. The third-order valence-corrected chi connectivity index (χ3v) is 7.59. The van der Waals surface area contributed by atoms with Crippen LogP contribution in [0.15, 0.2) is 59.8 Å². The van der Waals surface area contributed by atoms with Gasteiger partial charge in [0.2, 0.25) is 5.82 Å². The van der Waals surface area contributed by atoms with Crippen LogP contribution in [-0.2, 0) is 16.6 Å². The predicted molar refractivity (Wildman–Crippen MR) is 138 cm³/mol. The molecule has 0 bridgehead atoms. The van der Waals surface area contributed by atoms with Crippen molar-refractivity contribution in [2.75, 3.05) is 10.8 Å². The summed E-state index contributed by atoms with van der Waals surface area (Å²) in [6.45, 7) is 10.5. The average molecular weight is 507 g/mol. The number of H-pyrrole nitrogens is 1. The predicted octanol–water partition coefficient (Wildman–Crippen LogP) is 4.62. The fourth-order valence-electron chi connectivity index (χ4n) is 3.79. The zero-order valence-electron chi connectivity index (χ0n) is 21.1. The van der Waals surface area contributed by atoms with E-state index in [0.717, 1.165) is 27.8 Å². The largest absolute Gasteiger partial charge is 0.487 e. The van der Waals surface area contributed by atoms with Gasteiger partial charge in [0.05, 0.1) is 5.69 Å². The standard InChI is InChI=1S/C26H30N6O3S/c1-17(2)15-32(36(33,34)25-8-6-7-11-27-25)23-13-18(3)19(4)14-24(23)35-16-22-10-9-21(12-20(22)5)26-28-30-31-29-26/h6-14,17H,15-16H2,1-5H3,(H,28,29,30,31). The molecule has 0 saturated heterocycles. The summed E-state index contributed by atoms with van der Waals surface area (Å²) in [5.41, 5.74) is 5.30. The van der Waals surface area contributed by atoms with Gasteiger partial charge in [0, 0.05) is 18.3 Å². The van der Waals surface area contributed by atoms with Crippen LogP contribution in [0.5, 0.6) is 5.75 Å². The van der Waals surface area contributed by atoms with Crippen LogP contribution in [-0.4, -0.2) is 40.6 Å². The Hall–Kier alpha value is -3.79. The van der Waals surface area contributed by atoms with Gasteiger partial charge in [-0.15, -0.1) is 10.2 Å². The molecule has 0 aliphatic carbocycles. The lowest BCUT2D eigenvalue weighted by Crippen LogP contribution is -2.35. The molecule has 2 aromatic heterocycles. The number of aryl methyl sites for hydroxylation is 3. The van der Waals surface area contributed by atoms with Crippen LogP contribution >= 0.6 is 0 Å². The van der Waals surface area contributed by atoms with Crippen molar-refractivity contribution < 1.29 is 13.2 Å². The molecule has 2 heterocycles. The zero-order chi connectivity index (χ0) is 25.9. The van der Waals surface area contributed by atoms with E-state index in [1.54, 1.807) is 12.1 Å². The van der Waals surface area contributed by atoms with Gasteiger partial charge in [-0.1, -0.05) is 32.0 Å². The van der Waals surface area contributed by atoms with Crippen molar-refractivity contribution in [1.82, 2.24) is 25.6 Å². The number of tetrazole rings is 1. The van der Waals surface area contributed by atoms with Crippen molar-refractivity contribution in [2.45, 2.75) is 46.3 Å². The molecule has 4 rings (SSSR count). The third kappa shape index (κ3) is 5.38. The lowest BCUT2D eigenvalue weighted by molar-refractivity contribution is 0.306. The number of aromatic nitrogens is 5. The minimum atomic E-state index is -3.90. The first-order valence-corrected chi connectivity index (χ1v) is 13.1. The summed E-state index contributed by atoms with van der Waals surface area (Å²) in [6, 6.07) is 14.5. The van der Waals surface area contributed by atoms with Crippen LogP contribution in [0, 0.1) is 26.7 Å². The van der Waals surface area contributed by atoms with E-state index in [1.807, 2.05) is 65.0 Å². The van der Waals surface area contributed by atoms with Gasteiger partial charge in [-0.3, -0.25) is 4.31 Å². The molecule has 0 saturated carbocycles. The fraction of sp³-hybridized carbons (Fsp3) is 0.308. The van der Waals surface area contributed by atoms with Crippen LogP contribution in [0.3, 0.4) is 0 Å². The number of nitrogens with one attached hydrogen (secondary N) is 1. The SMILES string of the molecule is Cc1cc(OCc2ccc(-c3nn[nH]n3)cc2C)c(N(CC(C)C)S(=O)(=O)c2ccccn2)cc1C. The second-order valence-corrected chi connectivity index (χ2v) is 11.0. The van der Waals surface area contributed by atoms with Crippen LogP contribution in [0.4, 0.5) is 5.69 Å². The molecule has 2 aromatic carbocycles. The van der Waals surface area contributed by atoms with E-state index in [4.69, 9.17) is 4.74 Å². The quantitative estimate of drug-likeness (QED) is 0.352. The Morgan fingerprint density at radius 3 is 2.42 bits per heavy atom. The summed E-state index contributed by atoms with van der Waals surface area (Å²) in [5, 5.41) is 14.1. The Morgan fingerprint density at radius 2 is 1.78 bits per heavy atom. The molecule has 9 nitrogen and oxygen atoms in total. The van der Waals surface area contributed by atoms with Crippen molar-refractivity contribution in [1.29, 1.82) is 0 Å². The van der Waals surface area contributed by atoms with Crippen molar-refractivity contribution >= 4 is 15.7 Å². The molecule has 1 N–H and O–H groups in total. The average Bonchev–Trinajstić information content (AvgIpc) is 3.39. The van der Waals surface area contributed by atoms with Gasteiger partial charge >= 0.3 is 0 Å². The summed E-state index contributed by atoms with van der Waals surface area (Å²) in [7, 11) is -3.90. The lowest BCUT2D eigenvalue weighted by atomic mass is 10.1. The Labute approximate surface area is 211 Å². The van der Waals surface area contributed by atoms with E-state index >= 15 is 0 Å². The Morgan fingerprint density at radius 1 is 1.00 bits per heavy atom. The lowest BCUT2D eigenvalue weighted by Gasteiger charge is -2.28. The molecule has 0 spiro atoms. The van der Waals surface area contributed by atoms with Gasteiger partial charge < -0.3 is 4.74 Å².